The minimum atomic E-state index is 0.208. The molecule has 0 amide bonds. The molecule has 2 N–H and O–H groups in total. The van der Waals surface area contributed by atoms with E-state index >= 15 is 0 Å². The van der Waals surface area contributed by atoms with E-state index in [4.69, 9.17) is 4.74 Å². The third-order valence-corrected chi connectivity index (χ3v) is 5.25. The van der Waals surface area contributed by atoms with Crippen LogP contribution >= 0.6 is 0 Å². The average molecular weight is 268 g/mol. The van der Waals surface area contributed by atoms with E-state index in [1.807, 2.05) is 0 Å². The van der Waals surface area contributed by atoms with Crippen molar-refractivity contribution in [1.29, 1.82) is 0 Å². The standard InChI is InChI=1S/C15H28N2O2/c18-9-8-17(12-13-3-1-7-16-13)14-4-10-19-15(11-14)5-2-6-15/h13-14,16,18H,1-12H2. The van der Waals surface area contributed by atoms with Crippen LogP contribution in [-0.2, 0) is 4.74 Å². The van der Waals surface area contributed by atoms with Crippen molar-refractivity contribution in [2.75, 3.05) is 32.8 Å². The van der Waals surface area contributed by atoms with Gasteiger partial charge in [0.1, 0.15) is 0 Å². The van der Waals surface area contributed by atoms with E-state index < -0.39 is 0 Å². The summed E-state index contributed by atoms with van der Waals surface area (Å²) < 4.78 is 6.03. The molecular formula is C15H28N2O2. The number of rotatable bonds is 5. The monoisotopic (exact) mass is 268 g/mol. The van der Waals surface area contributed by atoms with Crippen molar-refractivity contribution in [3.63, 3.8) is 0 Å². The van der Waals surface area contributed by atoms with Crippen molar-refractivity contribution >= 4 is 0 Å². The molecule has 2 heterocycles. The first-order valence-corrected chi connectivity index (χ1v) is 8.04. The zero-order chi connectivity index (χ0) is 13.1. The van der Waals surface area contributed by atoms with Crippen molar-refractivity contribution in [3.05, 3.63) is 0 Å². The molecule has 4 nitrogen and oxygen atoms in total. The molecule has 4 heteroatoms. The average Bonchev–Trinajstić information content (AvgIpc) is 2.90. The molecule has 2 unspecified atom stereocenters. The SMILES string of the molecule is OCCN(CC1CCCN1)C1CCOC2(CCC2)C1. The van der Waals surface area contributed by atoms with E-state index in [0.29, 0.717) is 12.1 Å². The van der Waals surface area contributed by atoms with E-state index in [-0.39, 0.29) is 12.2 Å². The first kappa shape index (κ1) is 13.8. The van der Waals surface area contributed by atoms with Gasteiger partial charge in [0.05, 0.1) is 12.2 Å². The molecule has 3 rings (SSSR count). The van der Waals surface area contributed by atoms with Crippen LogP contribution in [0.5, 0.6) is 0 Å². The molecule has 1 aliphatic carbocycles. The molecule has 0 aromatic rings. The summed E-state index contributed by atoms with van der Waals surface area (Å²) in [6.07, 6.45) is 8.73. The third kappa shape index (κ3) is 3.13. The second-order valence-electron chi connectivity index (χ2n) is 6.54. The van der Waals surface area contributed by atoms with Crippen molar-refractivity contribution in [3.8, 4) is 0 Å². The van der Waals surface area contributed by atoms with Crippen LogP contribution in [0.15, 0.2) is 0 Å². The fraction of sp³-hybridized carbons (Fsp3) is 1.00. The van der Waals surface area contributed by atoms with Gasteiger partial charge in [-0.05, 0) is 51.5 Å². The maximum Gasteiger partial charge on any atom is 0.0697 e. The van der Waals surface area contributed by atoms with Crippen LogP contribution in [0, 0.1) is 0 Å². The molecular weight excluding hydrogens is 240 g/mol. The Morgan fingerprint density at radius 2 is 2.16 bits per heavy atom. The lowest BCUT2D eigenvalue weighted by Gasteiger charge is -2.49. The Hall–Kier alpha value is -0.160. The number of aliphatic hydroxyl groups is 1. The smallest absolute Gasteiger partial charge is 0.0697 e. The molecule has 0 aromatic carbocycles. The molecule has 2 atom stereocenters. The van der Waals surface area contributed by atoms with Gasteiger partial charge >= 0.3 is 0 Å². The molecule has 1 saturated carbocycles. The van der Waals surface area contributed by atoms with Gasteiger partial charge in [-0.3, -0.25) is 4.90 Å². The first-order valence-electron chi connectivity index (χ1n) is 8.04. The van der Waals surface area contributed by atoms with Crippen LogP contribution in [0.4, 0.5) is 0 Å². The zero-order valence-electron chi connectivity index (χ0n) is 11.9. The first-order chi connectivity index (χ1) is 9.31. The summed E-state index contributed by atoms with van der Waals surface area (Å²) in [4.78, 5) is 2.52. The summed E-state index contributed by atoms with van der Waals surface area (Å²) in [6.45, 7) is 4.26. The van der Waals surface area contributed by atoms with Gasteiger partial charge in [0.25, 0.3) is 0 Å². The Bertz CT molecular complexity index is 288. The van der Waals surface area contributed by atoms with E-state index in [0.717, 1.165) is 32.7 Å². The van der Waals surface area contributed by atoms with Crippen molar-refractivity contribution in [2.24, 2.45) is 0 Å². The Kier molecular flexibility index (Phi) is 4.42. The van der Waals surface area contributed by atoms with Crippen LogP contribution in [0.1, 0.15) is 44.9 Å². The van der Waals surface area contributed by atoms with Crippen LogP contribution < -0.4 is 5.32 Å². The second-order valence-corrected chi connectivity index (χ2v) is 6.54. The predicted octanol–water partition coefficient (Wildman–Crippen LogP) is 1.13. The van der Waals surface area contributed by atoms with Crippen LogP contribution in [0.25, 0.3) is 0 Å². The fourth-order valence-electron chi connectivity index (χ4n) is 3.98. The summed E-state index contributed by atoms with van der Waals surface area (Å²) in [5.41, 5.74) is 0.208. The molecule has 110 valence electrons. The highest BCUT2D eigenvalue weighted by atomic mass is 16.5. The zero-order valence-corrected chi connectivity index (χ0v) is 11.9. The van der Waals surface area contributed by atoms with Crippen LogP contribution in [0.3, 0.4) is 0 Å². The normalized spacial score (nSPS) is 33.8. The highest BCUT2D eigenvalue weighted by Crippen LogP contribution is 2.43. The minimum absolute atomic E-state index is 0.208. The number of ether oxygens (including phenoxy) is 1. The summed E-state index contributed by atoms with van der Waals surface area (Å²) in [7, 11) is 0. The van der Waals surface area contributed by atoms with Crippen LogP contribution in [0.2, 0.25) is 0 Å². The van der Waals surface area contributed by atoms with Gasteiger partial charge in [-0.1, -0.05) is 0 Å². The largest absolute Gasteiger partial charge is 0.395 e. The third-order valence-electron chi connectivity index (χ3n) is 5.25. The molecule has 0 aromatic heterocycles. The van der Waals surface area contributed by atoms with Gasteiger partial charge in [0.15, 0.2) is 0 Å². The lowest BCUT2D eigenvalue weighted by Crippen LogP contribution is -2.54. The van der Waals surface area contributed by atoms with Crippen molar-refractivity contribution < 1.29 is 9.84 Å². The Labute approximate surface area is 116 Å². The minimum Gasteiger partial charge on any atom is -0.395 e. The summed E-state index contributed by atoms with van der Waals surface area (Å²) in [6, 6.07) is 1.25. The number of hydrogen-bond acceptors (Lipinski definition) is 4. The Morgan fingerprint density at radius 1 is 1.26 bits per heavy atom. The van der Waals surface area contributed by atoms with Crippen molar-refractivity contribution in [2.45, 2.75) is 62.6 Å². The lowest BCUT2D eigenvalue weighted by molar-refractivity contribution is -0.149. The topological polar surface area (TPSA) is 44.7 Å². The molecule has 3 fully saturated rings. The summed E-state index contributed by atoms with van der Waals surface area (Å²) in [5.74, 6) is 0. The van der Waals surface area contributed by atoms with Gasteiger partial charge in [0, 0.05) is 31.8 Å². The molecule has 1 spiro atoms. The van der Waals surface area contributed by atoms with Crippen LogP contribution in [-0.4, -0.2) is 60.5 Å². The molecule has 3 aliphatic rings. The molecule has 0 radical (unpaired) electrons. The summed E-state index contributed by atoms with van der Waals surface area (Å²) >= 11 is 0. The summed E-state index contributed by atoms with van der Waals surface area (Å²) in [5, 5.41) is 12.9. The lowest BCUT2D eigenvalue weighted by atomic mass is 9.73. The van der Waals surface area contributed by atoms with Gasteiger partial charge in [-0.15, -0.1) is 0 Å². The maximum atomic E-state index is 9.35. The van der Waals surface area contributed by atoms with Crippen molar-refractivity contribution in [1.82, 2.24) is 10.2 Å². The number of nitrogens with zero attached hydrogens (tertiary/aromatic N) is 1. The number of aliphatic hydroxyl groups excluding tert-OH is 1. The second kappa shape index (κ2) is 6.08. The van der Waals surface area contributed by atoms with E-state index in [9.17, 15) is 5.11 Å². The van der Waals surface area contributed by atoms with Gasteiger partial charge in [-0.25, -0.2) is 0 Å². The molecule has 0 bridgehead atoms. The predicted molar refractivity (Wildman–Crippen MR) is 75.2 cm³/mol. The van der Waals surface area contributed by atoms with Gasteiger partial charge in [-0.2, -0.15) is 0 Å². The highest BCUT2D eigenvalue weighted by molar-refractivity contribution is 4.97. The van der Waals surface area contributed by atoms with Gasteiger partial charge in [0.2, 0.25) is 0 Å². The number of nitrogens with one attached hydrogen (secondary N) is 1. The molecule has 2 saturated heterocycles. The highest BCUT2D eigenvalue weighted by Gasteiger charge is 2.44. The molecule has 2 aliphatic heterocycles. The quantitative estimate of drug-likeness (QED) is 0.785. The van der Waals surface area contributed by atoms with E-state index in [1.165, 1.54) is 38.5 Å². The van der Waals surface area contributed by atoms with E-state index in [2.05, 4.69) is 10.2 Å². The fourth-order valence-corrected chi connectivity index (χ4v) is 3.98. The Balaban J connectivity index is 1.58. The number of hydrogen-bond donors (Lipinski definition) is 2. The molecule has 19 heavy (non-hydrogen) atoms. The van der Waals surface area contributed by atoms with E-state index in [1.54, 1.807) is 0 Å². The van der Waals surface area contributed by atoms with Gasteiger partial charge < -0.3 is 15.2 Å². The maximum absolute atomic E-state index is 9.35. The Morgan fingerprint density at radius 3 is 2.79 bits per heavy atom.